The minimum atomic E-state index is -1.45. The fourth-order valence-electron chi connectivity index (χ4n) is 4.21. The number of amides is 1. The molecule has 0 radical (unpaired) electrons. The van der Waals surface area contributed by atoms with Crippen molar-refractivity contribution in [2.45, 2.75) is 77.2 Å². The van der Waals surface area contributed by atoms with Crippen molar-refractivity contribution in [2.75, 3.05) is 6.54 Å². The first-order valence-electron chi connectivity index (χ1n) is 13.3. The number of nitrogens with one attached hydrogen (secondary N) is 1. The number of hydrogen-bond donors (Lipinski definition) is 2. The van der Waals surface area contributed by atoms with Crippen LogP contribution in [0.3, 0.4) is 0 Å². The molecule has 3 atom stereocenters. The number of hydrogen-bond acceptors (Lipinski definition) is 6. The Morgan fingerprint density at radius 2 is 1.76 bits per heavy atom. The number of aliphatic hydroxyl groups is 1. The third-order valence-electron chi connectivity index (χ3n) is 6.44. The summed E-state index contributed by atoms with van der Waals surface area (Å²) in [5.74, 6) is -1.57. The van der Waals surface area contributed by atoms with E-state index in [1.807, 2.05) is 43.3 Å². The Kier molecular flexibility index (Phi) is 10.7. The van der Waals surface area contributed by atoms with E-state index in [9.17, 15) is 19.1 Å². The van der Waals surface area contributed by atoms with Gasteiger partial charge in [0, 0.05) is 18.9 Å². The second-order valence-electron chi connectivity index (χ2n) is 10.3. The first-order valence-corrected chi connectivity index (χ1v) is 13.3. The molecular formula is C30H38FN3O4. The Labute approximate surface area is 223 Å². The highest BCUT2D eigenvalue weighted by molar-refractivity contribution is 5.89. The standard InChI is InChI=1S/C30H38FN3O4/c1-4-5-17-32-28(36)22(15-16-30(2,3)31)19-26(35)27(18-21-11-7-6-8-12-21)38-29(37)25-20-33-23-13-9-10-14-24(23)34-25/h6-14,20,22,26-27,35H,4-5,15-19H2,1-3H3,(H,32,36)/t22-,26+,27+/m1/s1. The summed E-state index contributed by atoms with van der Waals surface area (Å²) in [5, 5.41) is 14.2. The van der Waals surface area contributed by atoms with Crippen molar-refractivity contribution in [3.63, 3.8) is 0 Å². The first kappa shape index (κ1) is 29.2. The molecule has 0 unspecified atom stereocenters. The number of aliphatic hydroxyl groups excluding tert-OH is 1. The van der Waals surface area contributed by atoms with Crippen LogP contribution in [0.2, 0.25) is 0 Å². The predicted octanol–water partition coefficient (Wildman–Crippen LogP) is 5.21. The lowest BCUT2D eigenvalue weighted by atomic mass is 9.88. The summed E-state index contributed by atoms with van der Waals surface area (Å²) >= 11 is 0. The fourth-order valence-corrected chi connectivity index (χ4v) is 4.21. The molecule has 0 aliphatic rings. The number of ether oxygens (including phenoxy) is 1. The molecule has 1 heterocycles. The topological polar surface area (TPSA) is 101 Å². The highest BCUT2D eigenvalue weighted by Gasteiger charge is 2.31. The SMILES string of the molecule is CCCCNC(=O)[C@H](CCC(C)(C)F)C[C@H](O)[C@H](Cc1ccccc1)OC(=O)c1cnc2ccccc2n1. The van der Waals surface area contributed by atoms with Crippen molar-refractivity contribution in [1.29, 1.82) is 0 Å². The monoisotopic (exact) mass is 523 g/mol. The number of para-hydroxylation sites is 2. The molecule has 0 saturated carbocycles. The fraction of sp³-hybridized carbons (Fsp3) is 0.467. The van der Waals surface area contributed by atoms with E-state index in [4.69, 9.17) is 4.74 Å². The average molecular weight is 524 g/mol. The molecule has 2 N–H and O–H groups in total. The van der Waals surface area contributed by atoms with Gasteiger partial charge in [-0.1, -0.05) is 55.8 Å². The maximum absolute atomic E-state index is 14.3. The summed E-state index contributed by atoms with van der Waals surface area (Å²) in [4.78, 5) is 34.7. The number of aromatic nitrogens is 2. The number of benzene rings is 2. The number of rotatable bonds is 14. The molecule has 0 aliphatic heterocycles. The Morgan fingerprint density at radius 3 is 2.45 bits per heavy atom. The summed E-state index contributed by atoms with van der Waals surface area (Å²) in [7, 11) is 0. The number of fused-ring (bicyclic) bond motifs is 1. The number of halogens is 1. The number of carbonyl (C=O) groups excluding carboxylic acids is 2. The van der Waals surface area contributed by atoms with Crippen molar-refractivity contribution in [2.24, 2.45) is 5.92 Å². The summed E-state index contributed by atoms with van der Waals surface area (Å²) in [6.07, 6.45) is 1.72. The van der Waals surface area contributed by atoms with Gasteiger partial charge in [0.2, 0.25) is 5.91 Å². The Bertz CT molecular complexity index is 1180. The molecule has 7 nitrogen and oxygen atoms in total. The molecule has 3 aromatic rings. The highest BCUT2D eigenvalue weighted by Crippen LogP contribution is 2.25. The number of esters is 1. The second kappa shape index (κ2) is 14.0. The smallest absolute Gasteiger partial charge is 0.358 e. The molecule has 0 fully saturated rings. The van der Waals surface area contributed by atoms with Gasteiger partial charge in [0.15, 0.2) is 5.69 Å². The molecular weight excluding hydrogens is 485 g/mol. The zero-order valence-electron chi connectivity index (χ0n) is 22.4. The Balaban J connectivity index is 1.79. The predicted molar refractivity (Wildman–Crippen MR) is 145 cm³/mol. The maximum atomic E-state index is 14.3. The summed E-state index contributed by atoms with van der Waals surface area (Å²) in [6, 6.07) is 16.5. The minimum absolute atomic E-state index is 0.0296. The summed E-state index contributed by atoms with van der Waals surface area (Å²) in [5.41, 5.74) is 0.652. The Hall–Kier alpha value is -3.39. The number of carbonyl (C=O) groups is 2. The zero-order chi connectivity index (χ0) is 27.5. The van der Waals surface area contributed by atoms with Gasteiger partial charge in [0.05, 0.1) is 23.3 Å². The molecule has 1 amide bonds. The zero-order valence-corrected chi connectivity index (χ0v) is 22.4. The number of nitrogens with zero attached hydrogens (tertiary/aromatic N) is 2. The van der Waals surface area contributed by atoms with Gasteiger partial charge in [0.25, 0.3) is 0 Å². The molecule has 0 saturated heterocycles. The van der Waals surface area contributed by atoms with Gasteiger partial charge in [-0.15, -0.1) is 0 Å². The van der Waals surface area contributed by atoms with Gasteiger partial charge in [0.1, 0.15) is 11.8 Å². The van der Waals surface area contributed by atoms with Crippen LogP contribution in [0, 0.1) is 5.92 Å². The van der Waals surface area contributed by atoms with Crippen LogP contribution in [-0.4, -0.2) is 51.4 Å². The maximum Gasteiger partial charge on any atom is 0.358 e. The number of unbranched alkanes of at least 4 members (excludes halogenated alkanes) is 1. The molecule has 0 aliphatic carbocycles. The largest absolute Gasteiger partial charge is 0.454 e. The first-order chi connectivity index (χ1) is 18.2. The Morgan fingerprint density at radius 1 is 1.08 bits per heavy atom. The van der Waals surface area contributed by atoms with Crippen LogP contribution in [0.1, 0.15) is 68.9 Å². The lowest BCUT2D eigenvalue weighted by Crippen LogP contribution is -2.39. The van der Waals surface area contributed by atoms with E-state index < -0.39 is 29.8 Å². The molecule has 3 rings (SSSR count). The van der Waals surface area contributed by atoms with Crippen molar-refractivity contribution in [1.82, 2.24) is 15.3 Å². The lowest BCUT2D eigenvalue weighted by molar-refractivity contribution is -0.127. The van der Waals surface area contributed by atoms with E-state index in [2.05, 4.69) is 15.3 Å². The normalized spacial score (nSPS) is 14.0. The molecule has 204 valence electrons. The van der Waals surface area contributed by atoms with Crippen LogP contribution in [0.15, 0.2) is 60.8 Å². The van der Waals surface area contributed by atoms with Gasteiger partial charge in [-0.2, -0.15) is 0 Å². The van der Waals surface area contributed by atoms with Gasteiger partial charge in [-0.3, -0.25) is 9.78 Å². The van der Waals surface area contributed by atoms with Gasteiger partial charge < -0.3 is 15.2 Å². The molecule has 2 aromatic carbocycles. The van der Waals surface area contributed by atoms with E-state index in [0.717, 1.165) is 18.4 Å². The molecule has 1 aromatic heterocycles. The van der Waals surface area contributed by atoms with Crippen molar-refractivity contribution >= 4 is 22.9 Å². The third kappa shape index (κ3) is 9.17. The van der Waals surface area contributed by atoms with Gasteiger partial charge >= 0.3 is 5.97 Å². The van der Waals surface area contributed by atoms with Gasteiger partial charge in [-0.25, -0.2) is 14.2 Å². The lowest BCUT2D eigenvalue weighted by Gasteiger charge is -2.27. The second-order valence-corrected chi connectivity index (χ2v) is 10.3. The van der Waals surface area contributed by atoms with E-state index in [-0.39, 0.29) is 37.3 Å². The molecule has 0 spiro atoms. The highest BCUT2D eigenvalue weighted by atomic mass is 19.1. The quantitative estimate of drug-likeness (QED) is 0.222. The molecule has 8 heteroatoms. The molecule has 0 bridgehead atoms. The van der Waals surface area contributed by atoms with Crippen LogP contribution in [0.4, 0.5) is 4.39 Å². The number of alkyl halides is 1. The van der Waals surface area contributed by atoms with Crippen LogP contribution in [-0.2, 0) is 16.0 Å². The van der Waals surface area contributed by atoms with E-state index in [1.165, 1.54) is 20.0 Å². The minimum Gasteiger partial charge on any atom is -0.454 e. The summed E-state index contributed by atoms with van der Waals surface area (Å²) < 4.78 is 20.1. The van der Waals surface area contributed by atoms with Crippen molar-refractivity contribution in [3.05, 3.63) is 72.1 Å². The van der Waals surface area contributed by atoms with E-state index in [1.54, 1.807) is 18.2 Å². The molecule has 38 heavy (non-hydrogen) atoms. The third-order valence-corrected chi connectivity index (χ3v) is 6.44. The van der Waals surface area contributed by atoms with E-state index in [0.29, 0.717) is 17.6 Å². The van der Waals surface area contributed by atoms with Crippen LogP contribution < -0.4 is 5.32 Å². The summed E-state index contributed by atoms with van der Waals surface area (Å²) in [6.45, 7) is 5.49. The van der Waals surface area contributed by atoms with E-state index >= 15 is 0 Å². The van der Waals surface area contributed by atoms with Crippen LogP contribution in [0.25, 0.3) is 11.0 Å². The van der Waals surface area contributed by atoms with Crippen molar-refractivity contribution < 1.29 is 23.8 Å². The van der Waals surface area contributed by atoms with Crippen LogP contribution in [0.5, 0.6) is 0 Å². The van der Waals surface area contributed by atoms with Crippen LogP contribution >= 0.6 is 0 Å². The van der Waals surface area contributed by atoms with Gasteiger partial charge in [-0.05, 0) is 57.2 Å². The van der Waals surface area contributed by atoms with Crippen molar-refractivity contribution in [3.8, 4) is 0 Å². The average Bonchev–Trinajstić information content (AvgIpc) is 2.90.